The molecule has 1 aromatic heterocycles. The second-order valence-corrected chi connectivity index (χ2v) is 6.96. The second-order valence-electron chi connectivity index (χ2n) is 6.96. The van der Waals surface area contributed by atoms with Crippen molar-refractivity contribution in [1.82, 2.24) is 15.2 Å². The van der Waals surface area contributed by atoms with Crippen LogP contribution in [0.2, 0.25) is 0 Å². The summed E-state index contributed by atoms with van der Waals surface area (Å²) in [7, 11) is 0. The van der Waals surface area contributed by atoms with Gasteiger partial charge >= 0.3 is 0 Å². The monoisotopic (exact) mass is 273 g/mol. The van der Waals surface area contributed by atoms with E-state index in [1.165, 1.54) is 30.5 Å². The highest BCUT2D eigenvalue weighted by Crippen LogP contribution is 2.35. The molecule has 0 amide bonds. The van der Waals surface area contributed by atoms with Crippen LogP contribution in [0.3, 0.4) is 0 Å². The smallest absolute Gasteiger partial charge is 0.0313 e. The molecule has 1 aromatic rings. The van der Waals surface area contributed by atoms with Crippen LogP contribution in [0.25, 0.3) is 0 Å². The van der Waals surface area contributed by atoms with Gasteiger partial charge in [-0.3, -0.25) is 9.88 Å². The van der Waals surface area contributed by atoms with E-state index in [-0.39, 0.29) is 0 Å². The van der Waals surface area contributed by atoms with Crippen molar-refractivity contribution in [3.05, 3.63) is 29.6 Å². The number of nitrogens with zero attached hydrogens (tertiary/aromatic N) is 2. The fraction of sp³-hybridized carbons (Fsp3) is 0.706. The van der Waals surface area contributed by atoms with E-state index in [9.17, 15) is 0 Å². The first-order valence-electron chi connectivity index (χ1n) is 8.01. The summed E-state index contributed by atoms with van der Waals surface area (Å²) in [4.78, 5) is 7.02. The van der Waals surface area contributed by atoms with Gasteiger partial charge < -0.3 is 5.32 Å². The molecule has 0 radical (unpaired) electrons. The molecule has 1 aliphatic heterocycles. The minimum absolute atomic E-state index is 0.644. The SMILES string of the molecule is Cc1cncc(CN2CC(C3CC3)NCC2C(C)C)c1. The van der Waals surface area contributed by atoms with Crippen molar-refractivity contribution in [3.63, 3.8) is 0 Å². The van der Waals surface area contributed by atoms with Crippen molar-refractivity contribution in [2.24, 2.45) is 11.8 Å². The number of nitrogens with one attached hydrogen (secondary N) is 1. The van der Waals surface area contributed by atoms with Crippen LogP contribution >= 0.6 is 0 Å². The van der Waals surface area contributed by atoms with Gasteiger partial charge in [0.2, 0.25) is 0 Å². The third-order valence-corrected chi connectivity index (χ3v) is 4.77. The predicted molar refractivity (Wildman–Crippen MR) is 82.5 cm³/mol. The van der Waals surface area contributed by atoms with Crippen LogP contribution < -0.4 is 5.32 Å². The lowest BCUT2D eigenvalue weighted by atomic mass is 9.96. The number of piperazine rings is 1. The Hall–Kier alpha value is -0.930. The average molecular weight is 273 g/mol. The molecule has 1 saturated carbocycles. The topological polar surface area (TPSA) is 28.2 Å². The number of aryl methyl sites for hydroxylation is 1. The normalized spacial score (nSPS) is 28.0. The van der Waals surface area contributed by atoms with E-state index in [2.05, 4.69) is 42.0 Å². The van der Waals surface area contributed by atoms with E-state index in [0.717, 1.165) is 19.0 Å². The van der Waals surface area contributed by atoms with Gasteiger partial charge in [-0.1, -0.05) is 19.9 Å². The highest BCUT2D eigenvalue weighted by Gasteiger charge is 2.37. The molecule has 3 rings (SSSR count). The molecule has 110 valence electrons. The molecule has 0 aromatic carbocycles. The van der Waals surface area contributed by atoms with Crippen LogP contribution in [0.1, 0.15) is 37.8 Å². The molecule has 2 fully saturated rings. The molecular weight excluding hydrogens is 246 g/mol. The van der Waals surface area contributed by atoms with Gasteiger partial charge in [0.25, 0.3) is 0 Å². The second kappa shape index (κ2) is 5.82. The quantitative estimate of drug-likeness (QED) is 0.914. The third-order valence-electron chi connectivity index (χ3n) is 4.77. The Kier molecular flexibility index (Phi) is 4.08. The largest absolute Gasteiger partial charge is 0.311 e. The Morgan fingerprint density at radius 1 is 1.35 bits per heavy atom. The van der Waals surface area contributed by atoms with Gasteiger partial charge in [0, 0.05) is 44.1 Å². The fourth-order valence-corrected chi connectivity index (χ4v) is 3.45. The van der Waals surface area contributed by atoms with Crippen molar-refractivity contribution in [2.45, 2.75) is 52.2 Å². The molecule has 20 heavy (non-hydrogen) atoms. The summed E-state index contributed by atoms with van der Waals surface area (Å²) in [6.45, 7) is 10.2. The third kappa shape index (κ3) is 3.21. The lowest BCUT2D eigenvalue weighted by Gasteiger charge is -2.42. The summed E-state index contributed by atoms with van der Waals surface area (Å²) in [5.41, 5.74) is 2.62. The summed E-state index contributed by atoms with van der Waals surface area (Å²) in [5, 5.41) is 3.78. The summed E-state index contributed by atoms with van der Waals surface area (Å²) < 4.78 is 0. The van der Waals surface area contributed by atoms with Gasteiger partial charge in [-0.15, -0.1) is 0 Å². The molecule has 0 spiro atoms. The molecule has 0 bridgehead atoms. The average Bonchev–Trinajstić information content (AvgIpc) is 3.22. The number of pyridine rings is 1. The fourth-order valence-electron chi connectivity index (χ4n) is 3.45. The number of hydrogen-bond acceptors (Lipinski definition) is 3. The molecule has 1 N–H and O–H groups in total. The lowest BCUT2D eigenvalue weighted by Crippen LogP contribution is -2.58. The summed E-state index contributed by atoms with van der Waals surface area (Å²) in [6, 6.07) is 3.63. The Morgan fingerprint density at radius 2 is 2.15 bits per heavy atom. The molecule has 2 aliphatic rings. The molecule has 1 saturated heterocycles. The Bertz CT molecular complexity index is 453. The minimum atomic E-state index is 0.644. The van der Waals surface area contributed by atoms with Crippen molar-refractivity contribution in [2.75, 3.05) is 13.1 Å². The first-order chi connectivity index (χ1) is 9.63. The van der Waals surface area contributed by atoms with E-state index in [1.807, 2.05) is 12.4 Å². The molecular formula is C17H27N3. The molecule has 2 atom stereocenters. The highest BCUT2D eigenvalue weighted by molar-refractivity contribution is 5.17. The number of rotatable bonds is 4. The van der Waals surface area contributed by atoms with Gasteiger partial charge in [-0.2, -0.15) is 0 Å². The van der Waals surface area contributed by atoms with Crippen LogP contribution in [0.5, 0.6) is 0 Å². The number of hydrogen-bond donors (Lipinski definition) is 1. The van der Waals surface area contributed by atoms with E-state index < -0.39 is 0 Å². The zero-order chi connectivity index (χ0) is 14.1. The van der Waals surface area contributed by atoms with Gasteiger partial charge in [-0.05, 0) is 42.7 Å². The molecule has 2 unspecified atom stereocenters. The maximum atomic E-state index is 4.34. The van der Waals surface area contributed by atoms with Crippen molar-refractivity contribution >= 4 is 0 Å². The summed E-state index contributed by atoms with van der Waals surface area (Å²) >= 11 is 0. The molecule has 3 nitrogen and oxygen atoms in total. The maximum absolute atomic E-state index is 4.34. The first-order valence-corrected chi connectivity index (χ1v) is 8.01. The highest BCUT2D eigenvalue weighted by atomic mass is 15.2. The van der Waals surface area contributed by atoms with Crippen molar-refractivity contribution in [3.8, 4) is 0 Å². The Morgan fingerprint density at radius 3 is 2.80 bits per heavy atom. The van der Waals surface area contributed by atoms with Crippen LogP contribution in [0, 0.1) is 18.8 Å². The van der Waals surface area contributed by atoms with Gasteiger partial charge in [0.05, 0.1) is 0 Å². The zero-order valence-electron chi connectivity index (χ0n) is 13.0. The van der Waals surface area contributed by atoms with Crippen molar-refractivity contribution in [1.29, 1.82) is 0 Å². The van der Waals surface area contributed by atoms with E-state index in [0.29, 0.717) is 18.0 Å². The maximum Gasteiger partial charge on any atom is 0.0313 e. The van der Waals surface area contributed by atoms with E-state index in [4.69, 9.17) is 0 Å². The van der Waals surface area contributed by atoms with Crippen LogP contribution in [0.15, 0.2) is 18.5 Å². The summed E-state index contributed by atoms with van der Waals surface area (Å²) in [6.07, 6.45) is 6.81. The Balaban J connectivity index is 1.71. The van der Waals surface area contributed by atoms with Crippen molar-refractivity contribution < 1.29 is 0 Å². The Labute approximate surface area is 122 Å². The standard InChI is InChI=1S/C17H27N3/c1-12(2)17-9-19-16(15-4-5-15)11-20(17)10-14-6-13(3)7-18-8-14/h6-8,12,15-17,19H,4-5,9-11H2,1-3H3. The zero-order valence-corrected chi connectivity index (χ0v) is 13.0. The van der Waals surface area contributed by atoms with Gasteiger partial charge in [0.1, 0.15) is 0 Å². The minimum Gasteiger partial charge on any atom is -0.311 e. The van der Waals surface area contributed by atoms with Crippen LogP contribution in [-0.2, 0) is 6.54 Å². The number of aromatic nitrogens is 1. The van der Waals surface area contributed by atoms with Gasteiger partial charge in [-0.25, -0.2) is 0 Å². The van der Waals surface area contributed by atoms with E-state index in [1.54, 1.807) is 0 Å². The first kappa shape index (κ1) is 14.0. The predicted octanol–water partition coefficient (Wildman–Crippen LogP) is 2.60. The molecule has 2 heterocycles. The summed E-state index contributed by atoms with van der Waals surface area (Å²) in [5.74, 6) is 1.63. The van der Waals surface area contributed by atoms with Crippen LogP contribution in [0.4, 0.5) is 0 Å². The lowest BCUT2D eigenvalue weighted by molar-refractivity contribution is 0.0851. The van der Waals surface area contributed by atoms with Crippen LogP contribution in [-0.4, -0.2) is 35.1 Å². The molecule has 3 heteroatoms. The molecule has 1 aliphatic carbocycles. The van der Waals surface area contributed by atoms with Gasteiger partial charge in [0.15, 0.2) is 0 Å². The van der Waals surface area contributed by atoms with E-state index >= 15 is 0 Å².